The molecule has 70 valence electrons. The van der Waals surface area contributed by atoms with Crippen LogP contribution in [0.3, 0.4) is 0 Å². The molecule has 0 N–H and O–H groups in total. The zero-order valence-corrected chi connectivity index (χ0v) is 7.71. The topological polar surface area (TPSA) is 35.5 Å². The second-order valence-corrected chi connectivity index (χ2v) is 3.16. The quantitative estimate of drug-likeness (QED) is 0.609. The van der Waals surface area contributed by atoms with Gasteiger partial charge < -0.3 is 9.47 Å². The lowest BCUT2D eigenvalue weighted by Gasteiger charge is -2.12. The van der Waals surface area contributed by atoms with Crippen LogP contribution in [0.25, 0.3) is 0 Å². The molecule has 0 aromatic heterocycles. The molecule has 0 aromatic carbocycles. The maximum atomic E-state index is 10.6. The zero-order valence-electron chi connectivity index (χ0n) is 7.71. The lowest BCUT2D eigenvalue weighted by molar-refractivity contribution is -0.172. The molecule has 0 aliphatic carbocycles. The van der Waals surface area contributed by atoms with Crippen molar-refractivity contribution in [3.05, 3.63) is 0 Å². The second kappa shape index (κ2) is 4.45. The van der Waals surface area contributed by atoms with Gasteiger partial charge in [-0.05, 0) is 12.8 Å². The zero-order chi connectivity index (χ0) is 8.97. The van der Waals surface area contributed by atoms with Gasteiger partial charge in [-0.15, -0.1) is 0 Å². The lowest BCUT2D eigenvalue weighted by atomic mass is 10.1. The molecule has 2 atom stereocenters. The molecule has 0 radical (unpaired) electrons. The van der Waals surface area contributed by atoms with Crippen molar-refractivity contribution in [2.24, 2.45) is 0 Å². The summed E-state index contributed by atoms with van der Waals surface area (Å²) in [6, 6.07) is 0. The average Bonchev–Trinajstić information content (AvgIpc) is 2.36. The van der Waals surface area contributed by atoms with E-state index in [1.165, 1.54) is 6.92 Å². The third-order valence-corrected chi connectivity index (χ3v) is 1.98. The smallest absolute Gasteiger partial charge is 0.304 e. The molecule has 1 rings (SSSR count). The maximum Gasteiger partial charge on any atom is 0.304 e. The fourth-order valence-electron chi connectivity index (χ4n) is 1.48. The van der Waals surface area contributed by atoms with Crippen LogP contribution >= 0.6 is 0 Å². The summed E-state index contributed by atoms with van der Waals surface area (Å²) in [7, 11) is 0. The Morgan fingerprint density at radius 3 is 2.92 bits per heavy atom. The first-order valence-corrected chi connectivity index (χ1v) is 4.55. The Morgan fingerprint density at radius 1 is 1.58 bits per heavy atom. The Morgan fingerprint density at radius 2 is 2.33 bits per heavy atom. The molecule has 12 heavy (non-hydrogen) atoms. The summed E-state index contributed by atoms with van der Waals surface area (Å²) in [6.07, 6.45) is 4.09. The minimum atomic E-state index is -0.279. The van der Waals surface area contributed by atoms with Gasteiger partial charge in [0.1, 0.15) is 0 Å². The summed E-state index contributed by atoms with van der Waals surface area (Å²) in [5.74, 6) is -0.253. The van der Waals surface area contributed by atoms with Crippen molar-refractivity contribution in [2.75, 3.05) is 0 Å². The van der Waals surface area contributed by atoms with Gasteiger partial charge in [-0.3, -0.25) is 4.79 Å². The minimum absolute atomic E-state index is 0.253. The van der Waals surface area contributed by atoms with Gasteiger partial charge in [-0.25, -0.2) is 0 Å². The van der Waals surface area contributed by atoms with E-state index in [1.54, 1.807) is 0 Å². The molecule has 1 saturated heterocycles. The molecule has 0 bridgehead atoms. The Hall–Kier alpha value is -0.570. The highest BCUT2D eigenvalue weighted by Gasteiger charge is 2.26. The molecule has 0 saturated carbocycles. The van der Waals surface area contributed by atoms with Crippen LogP contribution in [0.15, 0.2) is 0 Å². The van der Waals surface area contributed by atoms with Crippen molar-refractivity contribution in [3.63, 3.8) is 0 Å². The van der Waals surface area contributed by atoms with E-state index in [0.717, 1.165) is 25.7 Å². The summed E-state index contributed by atoms with van der Waals surface area (Å²) in [5, 5.41) is 0. The fourth-order valence-corrected chi connectivity index (χ4v) is 1.48. The van der Waals surface area contributed by atoms with E-state index in [4.69, 9.17) is 9.47 Å². The van der Waals surface area contributed by atoms with Crippen LogP contribution in [0.4, 0.5) is 0 Å². The summed E-state index contributed by atoms with van der Waals surface area (Å²) >= 11 is 0. The normalized spacial score (nSPS) is 28.8. The van der Waals surface area contributed by atoms with Crippen LogP contribution in [-0.2, 0) is 14.3 Å². The van der Waals surface area contributed by atoms with Crippen molar-refractivity contribution < 1.29 is 14.3 Å². The van der Waals surface area contributed by atoms with Crippen molar-refractivity contribution >= 4 is 5.97 Å². The Kier molecular flexibility index (Phi) is 3.53. The standard InChI is InChI=1S/C9H16O3/c1-3-4-8-5-6-9(12-8)11-7(2)10/h8-9H,3-6H2,1-2H3. The molecule has 1 aliphatic heterocycles. The first kappa shape index (κ1) is 9.52. The molecule has 0 spiro atoms. The summed E-state index contributed by atoms with van der Waals surface area (Å²) in [4.78, 5) is 10.6. The number of hydrogen-bond acceptors (Lipinski definition) is 3. The van der Waals surface area contributed by atoms with E-state index in [2.05, 4.69) is 6.92 Å². The van der Waals surface area contributed by atoms with Gasteiger partial charge in [0.2, 0.25) is 6.29 Å². The van der Waals surface area contributed by atoms with Gasteiger partial charge >= 0.3 is 5.97 Å². The van der Waals surface area contributed by atoms with Gasteiger partial charge in [0.15, 0.2) is 0 Å². The van der Waals surface area contributed by atoms with Crippen LogP contribution in [0.5, 0.6) is 0 Å². The van der Waals surface area contributed by atoms with E-state index in [-0.39, 0.29) is 12.3 Å². The van der Waals surface area contributed by atoms with Gasteiger partial charge in [-0.1, -0.05) is 13.3 Å². The number of ether oxygens (including phenoxy) is 2. The second-order valence-electron chi connectivity index (χ2n) is 3.16. The Labute approximate surface area is 73.0 Å². The van der Waals surface area contributed by atoms with Gasteiger partial charge in [0.05, 0.1) is 6.10 Å². The van der Waals surface area contributed by atoms with Gasteiger partial charge in [0, 0.05) is 13.3 Å². The summed E-state index contributed by atoms with van der Waals surface area (Å²) < 4.78 is 10.4. The third kappa shape index (κ3) is 2.81. The first-order chi connectivity index (χ1) is 5.72. The van der Waals surface area contributed by atoms with Crippen LogP contribution in [0.1, 0.15) is 39.5 Å². The number of esters is 1. The SMILES string of the molecule is CCCC1CCC(OC(C)=O)O1. The van der Waals surface area contributed by atoms with Crippen molar-refractivity contribution in [1.29, 1.82) is 0 Å². The molecule has 1 fully saturated rings. The van der Waals surface area contributed by atoms with E-state index < -0.39 is 0 Å². The molecule has 0 amide bonds. The van der Waals surface area contributed by atoms with Crippen molar-refractivity contribution in [1.82, 2.24) is 0 Å². The highest BCUT2D eigenvalue weighted by atomic mass is 16.7. The lowest BCUT2D eigenvalue weighted by Crippen LogP contribution is -2.16. The molecular weight excluding hydrogens is 156 g/mol. The number of carbonyl (C=O) groups excluding carboxylic acids is 1. The van der Waals surface area contributed by atoms with Gasteiger partial charge in [0.25, 0.3) is 0 Å². The van der Waals surface area contributed by atoms with E-state index in [0.29, 0.717) is 6.10 Å². The molecule has 1 aliphatic rings. The van der Waals surface area contributed by atoms with E-state index >= 15 is 0 Å². The molecule has 1 heterocycles. The highest BCUT2D eigenvalue weighted by molar-refractivity contribution is 5.66. The monoisotopic (exact) mass is 172 g/mol. The molecule has 3 heteroatoms. The van der Waals surface area contributed by atoms with Crippen LogP contribution in [0, 0.1) is 0 Å². The molecule has 0 aromatic rings. The van der Waals surface area contributed by atoms with E-state index in [9.17, 15) is 4.79 Å². The average molecular weight is 172 g/mol. The fraction of sp³-hybridized carbons (Fsp3) is 0.889. The number of carbonyl (C=O) groups is 1. The Bertz CT molecular complexity index is 156. The summed E-state index contributed by atoms with van der Waals surface area (Å²) in [5.41, 5.74) is 0. The molecule has 3 nitrogen and oxygen atoms in total. The molecule has 2 unspecified atom stereocenters. The van der Waals surface area contributed by atoms with Gasteiger partial charge in [-0.2, -0.15) is 0 Å². The minimum Gasteiger partial charge on any atom is -0.436 e. The predicted molar refractivity (Wildman–Crippen MR) is 44.6 cm³/mol. The third-order valence-electron chi connectivity index (χ3n) is 1.98. The van der Waals surface area contributed by atoms with Crippen molar-refractivity contribution in [2.45, 2.75) is 51.9 Å². The van der Waals surface area contributed by atoms with Crippen LogP contribution in [0.2, 0.25) is 0 Å². The predicted octanol–water partition coefficient (Wildman–Crippen LogP) is 1.85. The van der Waals surface area contributed by atoms with Crippen molar-refractivity contribution in [3.8, 4) is 0 Å². The summed E-state index contributed by atoms with van der Waals surface area (Å²) in [6.45, 7) is 3.54. The largest absolute Gasteiger partial charge is 0.436 e. The Balaban J connectivity index is 2.21. The first-order valence-electron chi connectivity index (χ1n) is 4.55. The number of hydrogen-bond donors (Lipinski definition) is 0. The van der Waals surface area contributed by atoms with Crippen LogP contribution in [-0.4, -0.2) is 18.4 Å². The number of rotatable bonds is 3. The van der Waals surface area contributed by atoms with Crippen LogP contribution < -0.4 is 0 Å². The highest BCUT2D eigenvalue weighted by Crippen LogP contribution is 2.23. The molecular formula is C9H16O3. The maximum absolute atomic E-state index is 10.6. The van der Waals surface area contributed by atoms with E-state index in [1.807, 2.05) is 0 Å².